The van der Waals surface area contributed by atoms with E-state index in [1.54, 1.807) is 35.6 Å². The Bertz CT molecular complexity index is 633. The first-order valence-corrected chi connectivity index (χ1v) is 8.10. The van der Waals surface area contributed by atoms with Gasteiger partial charge in [-0.3, -0.25) is 9.59 Å². The Morgan fingerprint density at radius 2 is 1.73 bits per heavy atom. The van der Waals surface area contributed by atoms with Crippen LogP contribution in [0.5, 0.6) is 0 Å². The predicted molar refractivity (Wildman–Crippen MR) is 90.1 cm³/mol. The Morgan fingerprint density at radius 1 is 1.05 bits per heavy atom. The number of carbonyl (C=O) groups is 2. The zero-order chi connectivity index (χ0) is 16.1. The minimum Gasteiger partial charge on any atom is -0.345 e. The van der Waals surface area contributed by atoms with Crippen molar-refractivity contribution < 1.29 is 9.59 Å². The van der Waals surface area contributed by atoms with E-state index in [0.29, 0.717) is 11.3 Å². The third kappa shape index (κ3) is 4.18. The van der Waals surface area contributed by atoms with E-state index in [1.807, 2.05) is 38.3 Å². The summed E-state index contributed by atoms with van der Waals surface area (Å²) in [6, 6.07) is 10.9. The summed E-state index contributed by atoms with van der Waals surface area (Å²) in [4.78, 5) is 24.9. The van der Waals surface area contributed by atoms with Crippen LogP contribution in [0.15, 0.2) is 41.8 Å². The fourth-order valence-electron chi connectivity index (χ4n) is 1.88. The lowest BCUT2D eigenvalue weighted by Gasteiger charge is -2.13. The van der Waals surface area contributed by atoms with Gasteiger partial charge in [0, 0.05) is 22.0 Å². The second-order valence-corrected chi connectivity index (χ2v) is 6.41. The average Bonchev–Trinajstić information content (AvgIpc) is 3.02. The highest BCUT2D eigenvalue weighted by Gasteiger charge is 2.12. The summed E-state index contributed by atoms with van der Waals surface area (Å²) >= 11 is 1.62. The molecule has 0 aliphatic rings. The first kappa shape index (κ1) is 16.2. The standard InChI is InChI=1S/C17H20N2O2S/c1-11(2)16(20)19-14-8-6-13(7-9-14)17(21)18-12(3)15-5-4-10-22-15/h4-12H,1-3H3,(H,18,21)(H,19,20). The van der Waals surface area contributed by atoms with Gasteiger partial charge < -0.3 is 10.6 Å². The van der Waals surface area contributed by atoms with E-state index in [-0.39, 0.29) is 23.8 Å². The van der Waals surface area contributed by atoms with Gasteiger partial charge in [-0.15, -0.1) is 11.3 Å². The van der Waals surface area contributed by atoms with Gasteiger partial charge in [0.25, 0.3) is 5.91 Å². The van der Waals surface area contributed by atoms with E-state index < -0.39 is 0 Å². The van der Waals surface area contributed by atoms with Crippen LogP contribution in [0.3, 0.4) is 0 Å². The maximum atomic E-state index is 12.2. The molecule has 2 rings (SSSR count). The van der Waals surface area contributed by atoms with Crippen LogP contribution in [0.25, 0.3) is 0 Å². The summed E-state index contributed by atoms with van der Waals surface area (Å²) in [5.74, 6) is -0.235. The van der Waals surface area contributed by atoms with E-state index in [9.17, 15) is 9.59 Å². The van der Waals surface area contributed by atoms with E-state index >= 15 is 0 Å². The molecule has 1 unspecified atom stereocenters. The van der Waals surface area contributed by atoms with E-state index in [0.717, 1.165) is 4.88 Å². The Morgan fingerprint density at radius 3 is 2.27 bits per heavy atom. The number of carbonyl (C=O) groups excluding carboxylic acids is 2. The molecule has 1 atom stereocenters. The largest absolute Gasteiger partial charge is 0.345 e. The highest BCUT2D eigenvalue weighted by atomic mass is 32.1. The molecule has 0 spiro atoms. The van der Waals surface area contributed by atoms with Gasteiger partial charge in [-0.1, -0.05) is 19.9 Å². The fourth-order valence-corrected chi connectivity index (χ4v) is 2.61. The quantitative estimate of drug-likeness (QED) is 0.880. The maximum Gasteiger partial charge on any atom is 0.251 e. The molecule has 4 nitrogen and oxygen atoms in total. The monoisotopic (exact) mass is 316 g/mol. The molecule has 0 saturated carbocycles. The van der Waals surface area contributed by atoms with Crippen molar-refractivity contribution in [2.75, 3.05) is 5.32 Å². The van der Waals surface area contributed by atoms with Crippen molar-refractivity contribution in [2.24, 2.45) is 5.92 Å². The number of thiophene rings is 1. The molecule has 0 saturated heterocycles. The summed E-state index contributed by atoms with van der Waals surface area (Å²) < 4.78 is 0. The third-order valence-electron chi connectivity index (χ3n) is 3.26. The molecule has 1 aromatic heterocycles. The van der Waals surface area contributed by atoms with Crippen molar-refractivity contribution in [1.82, 2.24) is 5.32 Å². The minimum absolute atomic E-state index is 0.0205. The van der Waals surface area contributed by atoms with Crippen LogP contribution in [0.1, 0.15) is 42.0 Å². The number of benzene rings is 1. The Balaban J connectivity index is 1.98. The number of hydrogen-bond donors (Lipinski definition) is 2. The second kappa shape index (κ2) is 7.22. The van der Waals surface area contributed by atoms with Crippen LogP contribution in [0.2, 0.25) is 0 Å². The van der Waals surface area contributed by atoms with Crippen molar-refractivity contribution in [1.29, 1.82) is 0 Å². The van der Waals surface area contributed by atoms with Gasteiger partial charge in [0.15, 0.2) is 0 Å². The second-order valence-electron chi connectivity index (χ2n) is 5.43. The number of anilines is 1. The van der Waals surface area contributed by atoms with Gasteiger partial charge in [0.05, 0.1) is 6.04 Å². The van der Waals surface area contributed by atoms with E-state index in [1.165, 1.54) is 0 Å². The van der Waals surface area contributed by atoms with Crippen molar-refractivity contribution >= 4 is 28.8 Å². The van der Waals surface area contributed by atoms with Crippen LogP contribution >= 0.6 is 11.3 Å². The Labute approximate surface area is 134 Å². The summed E-state index contributed by atoms with van der Waals surface area (Å²) in [7, 11) is 0. The summed E-state index contributed by atoms with van der Waals surface area (Å²) in [6.07, 6.45) is 0. The zero-order valence-corrected chi connectivity index (χ0v) is 13.7. The van der Waals surface area contributed by atoms with E-state index in [2.05, 4.69) is 10.6 Å². The molecule has 116 valence electrons. The van der Waals surface area contributed by atoms with Crippen LogP contribution in [-0.2, 0) is 4.79 Å². The zero-order valence-electron chi connectivity index (χ0n) is 12.9. The first-order chi connectivity index (χ1) is 10.5. The van der Waals surface area contributed by atoms with Gasteiger partial charge in [0.1, 0.15) is 0 Å². The van der Waals surface area contributed by atoms with Crippen LogP contribution < -0.4 is 10.6 Å². The molecule has 0 aliphatic carbocycles. The predicted octanol–water partition coefficient (Wildman–Crippen LogP) is 3.83. The van der Waals surface area contributed by atoms with Gasteiger partial charge in [0.2, 0.25) is 5.91 Å². The molecule has 2 aromatic rings. The lowest BCUT2D eigenvalue weighted by atomic mass is 10.1. The molecule has 1 heterocycles. The smallest absolute Gasteiger partial charge is 0.251 e. The lowest BCUT2D eigenvalue weighted by molar-refractivity contribution is -0.118. The van der Waals surface area contributed by atoms with Gasteiger partial charge in [-0.25, -0.2) is 0 Å². The van der Waals surface area contributed by atoms with E-state index in [4.69, 9.17) is 0 Å². The van der Waals surface area contributed by atoms with Gasteiger partial charge in [-0.2, -0.15) is 0 Å². The molecule has 0 radical (unpaired) electrons. The lowest BCUT2D eigenvalue weighted by Crippen LogP contribution is -2.26. The molecular weight excluding hydrogens is 296 g/mol. The number of hydrogen-bond acceptors (Lipinski definition) is 3. The Kier molecular flexibility index (Phi) is 5.33. The molecule has 2 N–H and O–H groups in total. The van der Waals surface area contributed by atoms with Crippen LogP contribution in [0, 0.1) is 5.92 Å². The summed E-state index contributed by atoms with van der Waals surface area (Å²) in [6.45, 7) is 5.63. The number of rotatable bonds is 5. The molecule has 22 heavy (non-hydrogen) atoms. The molecule has 2 amide bonds. The minimum atomic E-state index is -0.123. The number of amides is 2. The average molecular weight is 316 g/mol. The molecule has 5 heteroatoms. The van der Waals surface area contributed by atoms with Gasteiger partial charge >= 0.3 is 0 Å². The molecule has 1 aromatic carbocycles. The Hall–Kier alpha value is -2.14. The molecule has 0 aliphatic heterocycles. The van der Waals surface area contributed by atoms with Crippen LogP contribution in [0.4, 0.5) is 5.69 Å². The molecular formula is C17H20N2O2S. The highest BCUT2D eigenvalue weighted by molar-refractivity contribution is 7.10. The molecule has 0 bridgehead atoms. The highest BCUT2D eigenvalue weighted by Crippen LogP contribution is 2.19. The fraction of sp³-hybridized carbons (Fsp3) is 0.294. The van der Waals surface area contributed by atoms with Gasteiger partial charge in [-0.05, 0) is 42.6 Å². The third-order valence-corrected chi connectivity index (χ3v) is 4.31. The first-order valence-electron chi connectivity index (χ1n) is 7.22. The molecule has 0 fully saturated rings. The van der Waals surface area contributed by atoms with Crippen molar-refractivity contribution in [3.05, 3.63) is 52.2 Å². The summed E-state index contributed by atoms with van der Waals surface area (Å²) in [5, 5.41) is 7.75. The SMILES string of the molecule is CC(C)C(=O)Nc1ccc(C(=O)NC(C)c2cccs2)cc1. The number of nitrogens with one attached hydrogen (secondary N) is 2. The van der Waals surface area contributed by atoms with Crippen molar-refractivity contribution in [3.63, 3.8) is 0 Å². The normalized spacial score (nSPS) is 12.0. The summed E-state index contributed by atoms with van der Waals surface area (Å²) in [5.41, 5.74) is 1.27. The maximum absolute atomic E-state index is 12.2. The van der Waals surface area contributed by atoms with Crippen LogP contribution in [-0.4, -0.2) is 11.8 Å². The topological polar surface area (TPSA) is 58.2 Å². The van der Waals surface area contributed by atoms with Crippen molar-refractivity contribution in [3.8, 4) is 0 Å². The van der Waals surface area contributed by atoms with Crippen molar-refractivity contribution in [2.45, 2.75) is 26.8 Å².